The molecule has 0 N–H and O–H groups in total. The Morgan fingerprint density at radius 2 is 1.97 bits per heavy atom. The van der Waals surface area contributed by atoms with Gasteiger partial charge in [0, 0.05) is 31.2 Å². The van der Waals surface area contributed by atoms with Crippen LogP contribution in [0, 0.1) is 6.92 Å². The summed E-state index contributed by atoms with van der Waals surface area (Å²) in [7, 11) is -3.62. The molecule has 0 atom stereocenters. The Labute approximate surface area is 189 Å². The van der Waals surface area contributed by atoms with Gasteiger partial charge in [0.15, 0.2) is 0 Å². The second-order valence-corrected chi connectivity index (χ2v) is 10.4. The topological polar surface area (TPSA) is 92.7 Å². The van der Waals surface area contributed by atoms with E-state index < -0.39 is 10.0 Å². The molecule has 0 radical (unpaired) electrons. The molecule has 1 fully saturated rings. The molecule has 8 nitrogen and oxygen atoms in total. The molecule has 2 aromatic heterocycles. The number of anilines is 1. The third kappa shape index (κ3) is 4.12. The smallest absolute Gasteiger partial charge is 0.348 e. The maximum absolute atomic E-state index is 13.0. The number of esters is 1. The van der Waals surface area contributed by atoms with Crippen molar-refractivity contribution in [2.24, 2.45) is 0 Å². The van der Waals surface area contributed by atoms with Gasteiger partial charge in [0.2, 0.25) is 10.0 Å². The number of nitrogens with zero attached hydrogens (tertiary/aromatic N) is 4. The third-order valence-corrected chi connectivity index (χ3v) is 8.45. The molecule has 0 bridgehead atoms. The summed E-state index contributed by atoms with van der Waals surface area (Å²) in [5, 5.41) is 1.19. The van der Waals surface area contributed by atoms with Crippen molar-refractivity contribution in [1.29, 1.82) is 0 Å². The first kappa shape index (κ1) is 21.9. The van der Waals surface area contributed by atoms with Crippen molar-refractivity contribution in [3.63, 3.8) is 0 Å². The molecule has 0 spiro atoms. The third-order valence-electron chi connectivity index (χ3n) is 5.14. The minimum absolute atomic E-state index is 0.186. The Hall–Kier alpha value is -2.27. The molecule has 0 aliphatic carbocycles. The number of benzene rings is 1. The molecule has 164 valence electrons. The second-order valence-electron chi connectivity index (χ2n) is 7.00. The maximum Gasteiger partial charge on any atom is 0.348 e. The zero-order valence-electron chi connectivity index (χ0n) is 17.0. The van der Waals surface area contributed by atoms with Crippen LogP contribution in [-0.4, -0.2) is 61.4 Å². The average molecular weight is 481 g/mol. The fraction of sp³-hybridized carbons (Fsp3) is 0.350. The number of halogens is 1. The van der Waals surface area contributed by atoms with E-state index in [1.807, 2.05) is 11.8 Å². The van der Waals surface area contributed by atoms with Crippen LogP contribution in [0.4, 0.5) is 5.82 Å². The van der Waals surface area contributed by atoms with Crippen LogP contribution >= 0.6 is 22.9 Å². The van der Waals surface area contributed by atoms with Crippen LogP contribution in [0.2, 0.25) is 5.02 Å². The maximum atomic E-state index is 13.0. The van der Waals surface area contributed by atoms with Crippen molar-refractivity contribution in [2.45, 2.75) is 18.7 Å². The summed E-state index contributed by atoms with van der Waals surface area (Å²) in [5.41, 5.74) is 0.781. The summed E-state index contributed by atoms with van der Waals surface area (Å²) in [6, 6.07) is 6.28. The van der Waals surface area contributed by atoms with Crippen molar-refractivity contribution in [2.75, 3.05) is 37.7 Å². The lowest BCUT2D eigenvalue weighted by Gasteiger charge is -2.35. The van der Waals surface area contributed by atoms with Crippen molar-refractivity contribution < 1.29 is 17.9 Å². The number of hydrogen-bond acceptors (Lipinski definition) is 8. The van der Waals surface area contributed by atoms with Gasteiger partial charge in [0.1, 0.15) is 21.9 Å². The van der Waals surface area contributed by atoms with Gasteiger partial charge in [-0.15, -0.1) is 11.3 Å². The van der Waals surface area contributed by atoms with Crippen LogP contribution in [0.3, 0.4) is 0 Å². The molecule has 1 aromatic carbocycles. The molecule has 3 aromatic rings. The van der Waals surface area contributed by atoms with Crippen molar-refractivity contribution in [3.05, 3.63) is 46.1 Å². The Bertz CT molecular complexity index is 1240. The number of aryl methyl sites for hydroxylation is 1. The van der Waals surface area contributed by atoms with E-state index >= 15 is 0 Å². The molecular weight excluding hydrogens is 460 g/mol. The standard InChI is InChI=1S/C20H21ClN4O4S2/c1-3-29-20(26)17-13(2)16-18(22-12-23-19(16)30-17)24-7-9-25(10-8-24)31(27,28)15-6-4-5-14(21)11-15/h4-6,11-12H,3,7-10H2,1-2H3. The quantitative estimate of drug-likeness (QED) is 0.517. The molecule has 31 heavy (non-hydrogen) atoms. The van der Waals surface area contributed by atoms with Crippen molar-refractivity contribution in [3.8, 4) is 0 Å². The van der Waals surface area contributed by atoms with Gasteiger partial charge in [-0.05, 0) is 37.6 Å². The summed E-state index contributed by atoms with van der Waals surface area (Å²) < 4.78 is 32.5. The van der Waals surface area contributed by atoms with E-state index in [9.17, 15) is 13.2 Å². The first-order valence-electron chi connectivity index (χ1n) is 9.74. The van der Waals surface area contributed by atoms with Crippen LogP contribution in [0.25, 0.3) is 10.2 Å². The van der Waals surface area contributed by atoms with E-state index in [2.05, 4.69) is 9.97 Å². The number of rotatable bonds is 5. The van der Waals surface area contributed by atoms with Crippen molar-refractivity contribution >= 4 is 55.0 Å². The van der Waals surface area contributed by atoms with E-state index in [1.54, 1.807) is 25.1 Å². The average Bonchev–Trinajstić information content (AvgIpc) is 3.11. The number of carbonyl (C=O) groups excluding carboxylic acids is 1. The van der Waals surface area contributed by atoms with Gasteiger partial charge in [0.25, 0.3) is 0 Å². The van der Waals surface area contributed by atoms with Crippen LogP contribution in [-0.2, 0) is 14.8 Å². The molecular formula is C20H21ClN4O4S2. The summed E-state index contributed by atoms with van der Waals surface area (Å²) in [6.45, 7) is 5.49. The highest BCUT2D eigenvalue weighted by Crippen LogP contribution is 2.35. The number of ether oxygens (including phenoxy) is 1. The SMILES string of the molecule is CCOC(=O)c1sc2ncnc(N3CCN(S(=O)(=O)c4cccc(Cl)c4)CC3)c2c1C. The van der Waals surface area contributed by atoms with E-state index in [4.69, 9.17) is 16.3 Å². The second kappa shape index (κ2) is 8.70. The number of aromatic nitrogens is 2. The van der Waals surface area contributed by atoms with Gasteiger partial charge in [0.05, 0.1) is 16.9 Å². The van der Waals surface area contributed by atoms with Crippen LogP contribution < -0.4 is 4.90 Å². The summed E-state index contributed by atoms with van der Waals surface area (Å²) in [4.78, 5) is 24.5. The Morgan fingerprint density at radius 1 is 1.23 bits per heavy atom. The monoisotopic (exact) mass is 480 g/mol. The van der Waals surface area contributed by atoms with Gasteiger partial charge < -0.3 is 9.64 Å². The van der Waals surface area contributed by atoms with Gasteiger partial charge >= 0.3 is 5.97 Å². The first-order valence-corrected chi connectivity index (χ1v) is 12.4. The predicted octanol–water partition coefficient (Wildman–Crippen LogP) is 3.34. The molecule has 1 aliphatic heterocycles. The van der Waals surface area contributed by atoms with Crippen LogP contribution in [0.1, 0.15) is 22.2 Å². The van der Waals surface area contributed by atoms with E-state index in [-0.39, 0.29) is 10.9 Å². The molecule has 1 saturated heterocycles. The highest BCUT2D eigenvalue weighted by atomic mass is 35.5. The fourth-order valence-corrected chi connectivity index (χ4v) is 6.36. The van der Waals surface area contributed by atoms with E-state index in [0.29, 0.717) is 53.3 Å². The number of carbonyl (C=O) groups is 1. The number of piperazine rings is 1. The normalized spacial score (nSPS) is 15.4. The molecule has 4 rings (SSSR count). The molecule has 3 heterocycles. The molecule has 0 amide bonds. The number of fused-ring (bicyclic) bond motifs is 1. The highest BCUT2D eigenvalue weighted by molar-refractivity contribution is 7.89. The van der Waals surface area contributed by atoms with E-state index in [1.165, 1.54) is 28.0 Å². The first-order chi connectivity index (χ1) is 14.8. The van der Waals surface area contributed by atoms with Crippen LogP contribution in [0.15, 0.2) is 35.5 Å². The fourth-order valence-electron chi connectivity index (χ4n) is 3.60. The zero-order chi connectivity index (χ0) is 22.2. The largest absolute Gasteiger partial charge is 0.462 e. The van der Waals surface area contributed by atoms with Gasteiger partial charge in [-0.3, -0.25) is 0 Å². The summed E-state index contributed by atoms with van der Waals surface area (Å²) >= 11 is 7.25. The Kier molecular flexibility index (Phi) is 6.16. The molecule has 11 heteroatoms. The van der Waals surface area contributed by atoms with E-state index in [0.717, 1.165) is 10.9 Å². The zero-order valence-corrected chi connectivity index (χ0v) is 19.4. The Balaban J connectivity index is 1.58. The predicted molar refractivity (Wildman–Crippen MR) is 121 cm³/mol. The number of hydrogen-bond donors (Lipinski definition) is 0. The number of sulfonamides is 1. The Morgan fingerprint density at radius 3 is 2.65 bits per heavy atom. The van der Waals surface area contributed by atoms with Crippen molar-refractivity contribution in [1.82, 2.24) is 14.3 Å². The molecule has 0 saturated carbocycles. The minimum atomic E-state index is -3.62. The molecule has 1 aliphatic rings. The van der Waals surface area contributed by atoms with Crippen LogP contribution in [0.5, 0.6) is 0 Å². The number of thiophene rings is 1. The summed E-state index contributed by atoms with van der Waals surface area (Å²) in [5.74, 6) is 0.334. The molecule has 0 unspecified atom stereocenters. The van der Waals surface area contributed by atoms with Gasteiger partial charge in [-0.2, -0.15) is 4.31 Å². The lowest BCUT2D eigenvalue weighted by atomic mass is 10.2. The van der Waals surface area contributed by atoms with Gasteiger partial charge in [-0.25, -0.2) is 23.2 Å². The lowest BCUT2D eigenvalue weighted by Crippen LogP contribution is -2.49. The lowest BCUT2D eigenvalue weighted by molar-refractivity contribution is 0.0531. The highest BCUT2D eigenvalue weighted by Gasteiger charge is 2.30. The van der Waals surface area contributed by atoms with Gasteiger partial charge in [-0.1, -0.05) is 17.7 Å². The summed E-state index contributed by atoms with van der Waals surface area (Å²) in [6.07, 6.45) is 1.47. The minimum Gasteiger partial charge on any atom is -0.462 e.